The number of aliphatic carboxylic acids is 1. The number of benzene rings is 1. The van der Waals surface area contributed by atoms with Crippen molar-refractivity contribution < 1.29 is 19.5 Å². The molecule has 7 nitrogen and oxygen atoms in total. The minimum atomic E-state index is -0.791. The summed E-state index contributed by atoms with van der Waals surface area (Å²) in [5, 5.41) is 11.2. The molecule has 2 saturated heterocycles. The largest absolute Gasteiger partial charge is 0.480 e. The zero-order chi connectivity index (χ0) is 17.1. The summed E-state index contributed by atoms with van der Waals surface area (Å²) in [6, 6.07) is 7.48. The number of carboxylic acid groups (broad SMARTS) is 1. The predicted molar refractivity (Wildman–Crippen MR) is 88.0 cm³/mol. The van der Waals surface area contributed by atoms with Crippen LogP contribution < -0.4 is 10.2 Å². The van der Waals surface area contributed by atoms with Gasteiger partial charge in [-0.15, -0.1) is 0 Å². The van der Waals surface area contributed by atoms with E-state index in [0.717, 1.165) is 37.2 Å². The molecular formula is C17H21N3O4. The monoisotopic (exact) mass is 331 g/mol. The van der Waals surface area contributed by atoms with Gasteiger partial charge in [0, 0.05) is 18.7 Å². The molecule has 0 radical (unpaired) electrons. The summed E-state index contributed by atoms with van der Waals surface area (Å²) in [6.45, 7) is 2.01. The molecular weight excluding hydrogens is 310 g/mol. The van der Waals surface area contributed by atoms with Gasteiger partial charge in [-0.25, -0.2) is 4.79 Å². The molecule has 0 unspecified atom stereocenters. The van der Waals surface area contributed by atoms with Gasteiger partial charge in [-0.1, -0.05) is 12.1 Å². The molecule has 0 bridgehead atoms. The molecule has 2 fully saturated rings. The third-order valence-corrected chi connectivity index (χ3v) is 4.65. The Bertz CT molecular complexity index is 653. The van der Waals surface area contributed by atoms with E-state index in [4.69, 9.17) is 5.11 Å². The third-order valence-electron chi connectivity index (χ3n) is 4.65. The van der Waals surface area contributed by atoms with Gasteiger partial charge in [0.05, 0.1) is 6.54 Å². The Morgan fingerprint density at radius 1 is 1.21 bits per heavy atom. The Balaban J connectivity index is 1.67. The van der Waals surface area contributed by atoms with Gasteiger partial charge < -0.3 is 5.11 Å². The number of nitrogens with one attached hydrogen (secondary N) is 1. The van der Waals surface area contributed by atoms with E-state index in [2.05, 4.69) is 5.32 Å². The summed E-state index contributed by atoms with van der Waals surface area (Å²) in [6.07, 6.45) is 2.12. The number of urea groups is 1. The molecule has 1 aromatic rings. The zero-order valence-electron chi connectivity index (χ0n) is 13.4. The third kappa shape index (κ3) is 3.73. The molecule has 24 heavy (non-hydrogen) atoms. The molecule has 0 aliphatic carbocycles. The maximum absolute atomic E-state index is 12.0. The standard InChI is InChI=1S/C17H21N3O4/c21-15-6-9-20(17(24)18-15)14-3-1-2-13(10-14)12-4-7-19(8-5-12)11-16(22)23/h1-3,10,12H,4-9,11H2,(H,22,23)(H,18,21,24). The number of amides is 3. The number of piperidine rings is 1. The van der Waals surface area contributed by atoms with Gasteiger partial charge in [-0.05, 0) is 49.5 Å². The van der Waals surface area contributed by atoms with Crippen LogP contribution in [-0.2, 0) is 9.59 Å². The lowest BCUT2D eigenvalue weighted by Gasteiger charge is -2.32. The molecule has 2 N–H and O–H groups in total. The molecule has 0 aromatic heterocycles. The lowest BCUT2D eigenvalue weighted by molar-refractivity contribution is -0.138. The normalized spacial score (nSPS) is 20.1. The first-order valence-electron chi connectivity index (χ1n) is 8.18. The maximum atomic E-state index is 12.0. The molecule has 128 valence electrons. The van der Waals surface area contributed by atoms with Gasteiger partial charge in [0.25, 0.3) is 0 Å². The first kappa shape index (κ1) is 16.4. The van der Waals surface area contributed by atoms with Crippen LogP contribution in [0.2, 0.25) is 0 Å². The molecule has 2 heterocycles. The Hall–Kier alpha value is -2.41. The summed E-state index contributed by atoms with van der Waals surface area (Å²) in [4.78, 5) is 37.6. The van der Waals surface area contributed by atoms with E-state index in [1.165, 1.54) is 0 Å². The fraction of sp³-hybridized carbons (Fsp3) is 0.471. The van der Waals surface area contributed by atoms with E-state index < -0.39 is 5.97 Å². The number of hydrogen-bond acceptors (Lipinski definition) is 4. The topological polar surface area (TPSA) is 89.9 Å². The quantitative estimate of drug-likeness (QED) is 0.870. The Morgan fingerprint density at radius 3 is 2.62 bits per heavy atom. The molecule has 3 amide bonds. The number of likely N-dealkylation sites (tertiary alicyclic amines) is 1. The number of hydrogen-bond donors (Lipinski definition) is 2. The Morgan fingerprint density at radius 2 is 1.96 bits per heavy atom. The van der Waals surface area contributed by atoms with Crippen LogP contribution in [0.1, 0.15) is 30.7 Å². The minimum Gasteiger partial charge on any atom is -0.480 e. The van der Waals surface area contributed by atoms with E-state index in [9.17, 15) is 14.4 Å². The molecule has 0 atom stereocenters. The van der Waals surface area contributed by atoms with Gasteiger partial charge >= 0.3 is 12.0 Å². The second-order valence-corrected chi connectivity index (χ2v) is 6.29. The highest BCUT2D eigenvalue weighted by atomic mass is 16.4. The first-order valence-corrected chi connectivity index (χ1v) is 8.18. The van der Waals surface area contributed by atoms with E-state index in [-0.39, 0.29) is 18.5 Å². The Kier molecular flexibility index (Phi) is 4.80. The summed E-state index contributed by atoms with van der Waals surface area (Å²) < 4.78 is 0. The molecule has 2 aliphatic heterocycles. The number of carbonyl (C=O) groups is 3. The van der Waals surface area contributed by atoms with Gasteiger partial charge in [-0.2, -0.15) is 0 Å². The van der Waals surface area contributed by atoms with Crippen LogP contribution in [0.4, 0.5) is 10.5 Å². The second kappa shape index (κ2) is 7.00. The smallest absolute Gasteiger partial charge is 0.328 e. The van der Waals surface area contributed by atoms with Crippen molar-refractivity contribution in [3.8, 4) is 0 Å². The summed E-state index contributed by atoms with van der Waals surface area (Å²) in [5.41, 5.74) is 1.96. The van der Waals surface area contributed by atoms with Crippen molar-refractivity contribution in [2.75, 3.05) is 31.1 Å². The van der Waals surface area contributed by atoms with Crippen LogP contribution in [0.3, 0.4) is 0 Å². The van der Waals surface area contributed by atoms with Crippen LogP contribution in [0.15, 0.2) is 24.3 Å². The van der Waals surface area contributed by atoms with Crippen molar-refractivity contribution in [2.45, 2.75) is 25.2 Å². The molecule has 0 spiro atoms. The molecule has 0 saturated carbocycles. The number of rotatable bonds is 4. The number of carboxylic acids is 1. The van der Waals surface area contributed by atoms with E-state index in [1.54, 1.807) is 4.90 Å². The van der Waals surface area contributed by atoms with Crippen LogP contribution in [0.25, 0.3) is 0 Å². The average molecular weight is 331 g/mol. The lowest BCUT2D eigenvalue weighted by atomic mass is 9.89. The van der Waals surface area contributed by atoms with E-state index in [0.29, 0.717) is 18.9 Å². The van der Waals surface area contributed by atoms with Crippen LogP contribution in [0.5, 0.6) is 0 Å². The van der Waals surface area contributed by atoms with Gasteiger partial charge in [0.15, 0.2) is 0 Å². The van der Waals surface area contributed by atoms with Crippen molar-refractivity contribution in [3.63, 3.8) is 0 Å². The van der Waals surface area contributed by atoms with E-state index >= 15 is 0 Å². The van der Waals surface area contributed by atoms with Gasteiger partial charge in [0.1, 0.15) is 0 Å². The molecule has 3 rings (SSSR count). The molecule has 2 aliphatic rings. The number of carbonyl (C=O) groups excluding carboxylic acids is 2. The lowest BCUT2D eigenvalue weighted by Crippen LogP contribution is -2.49. The predicted octanol–water partition coefficient (Wildman–Crippen LogP) is 1.40. The van der Waals surface area contributed by atoms with Crippen molar-refractivity contribution in [3.05, 3.63) is 29.8 Å². The van der Waals surface area contributed by atoms with Crippen LogP contribution >= 0.6 is 0 Å². The zero-order valence-corrected chi connectivity index (χ0v) is 13.4. The highest BCUT2D eigenvalue weighted by molar-refractivity contribution is 6.05. The summed E-state index contributed by atoms with van der Waals surface area (Å²) in [5.74, 6) is -0.663. The number of nitrogens with zero attached hydrogens (tertiary/aromatic N) is 2. The van der Waals surface area contributed by atoms with Crippen molar-refractivity contribution in [1.82, 2.24) is 10.2 Å². The van der Waals surface area contributed by atoms with Crippen molar-refractivity contribution in [1.29, 1.82) is 0 Å². The van der Waals surface area contributed by atoms with Crippen molar-refractivity contribution in [2.24, 2.45) is 0 Å². The molecule has 1 aromatic carbocycles. The van der Waals surface area contributed by atoms with Crippen LogP contribution in [0, 0.1) is 0 Å². The maximum Gasteiger partial charge on any atom is 0.328 e. The fourth-order valence-electron chi connectivity index (χ4n) is 3.37. The highest BCUT2D eigenvalue weighted by Gasteiger charge is 2.26. The van der Waals surface area contributed by atoms with Crippen molar-refractivity contribution >= 4 is 23.6 Å². The fourth-order valence-corrected chi connectivity index (χ4v) is 3.37. The van der Waals surface area contributed by atoms with E-state index in [1.807, 2.05) is 29.2 Å². The minimum absolute atomic E-state index is 0.0920. The summed E-state index contributed by atoms with van der Waals surface area (Å²) in [7, 11) is 0. The molecule has 7 heteroatoms. The number of imide groups is 1. The van der Waals surface area contributed by atoms with Gasteiger partial charge in [-0.3, -0.25) is 24.7 Å². The Labute approximate surface area is 140 Å². The highest BCUT2D eigenvalue weighted by Crippen LogP contribution is 2.30. The number of anilines is 1. The SMILES string of the molecule is O=C(O)CN1CCC(c2cccc(N3CCC(=O)NC3=O)c2)CC1. The summed E-state index contributed by atoms with van der Waals surface area (Å²) >= 11 is 0. The average Bonchev–Trinajstić information content (AvgIpc) is 2.55. The second-order valence-electron chi connectivity index (χ2n) is 6.29. The van der Waals surface area contributed by atoms with Crippen LogP contribution in [-0.4, -0.2) is 54.1 Å². The first-order chi connectivity index (χ1) is 11.5. The van der Waals surface area contributed by atoms with Gasteiger partial charge in [0.2, 0.25) is 5.91 Å².